The van der Waals surface area contributed by atoms with Gasteiger partial charge < -0.3 is 14.5 Å². The van der Waals surface area contributed by atoms with Gasteiger partial charge >= 0.3 is 0 Å². The topological polar surface area (TPSA) is 58.6 Å². The largest absolute Gasteiger partial charge is 0.484 e. The molecule has 28 heavy (non-hydrogen) atoms. The zero-order chi connectivity index (χ0) is 19.3. The second-order valence-electron chi connectivity index (χ2n) is 6.36. The van der Waals surface area contributed by atoms with Gasteiger partial charge in [-0.3, -0.25) is 4.79 Å². The number of rotatable bonds is 5. The lowest BCUT2D eigenvalue weighted by atomic mass is 10.3. The first-order valence-corrected chi connectivity index (χ1v) is 9.86. The van der Waals surface area contributed by atoms with Crippen LogP contribution in [0.5, 0.6) is 5.75 Å². The molecule has 144 valence electrons. The fourth-order valence-electron chi connectivity index (χ4n) is 3.00. The maximum atomic E-state index is 12.9. The predicted octanol–water partition coefficient (Wildman–Crippen LogP) is 3.07. The zero-order valence-electron chi connectivity index (χ0n) is 15.1. The SMILES string of the molecule is O=C(COc1ccc(F)cc1)N1CCN(c2ccc(-c3cccs3)nn2)CC1. The number of thiophene rings is 1. The number of amides is 1. The summed E-state index contributed by atoms with van der Waals surface area (Å²) in [6, 6.07) is 13.6. The van der Waals surface area contributed by atoms with E-state index in [1.165, 1.54) is 24.3 Å². The zero-order valence-corrected chi connectivity index (χ0v) is 15.9. The van der Waals surface area contributed by atoms with E-state index < -0.39 is 0 Å². The predicted molar refractivity (Wildman–Crippen MR) is 106 cm³/mol. The van der Waals surface area contributed by atoms with Gasteiger partial charge in [-0.05, 0) is 47.8 Å². The number of anilines is 1. The highest BCUT2D eigenvalue weighted by Gasteiger charge is 2.22. The molecule has 0 N–H and O–H groups in total. The molecule has 8 heteroatoms. The molecular weight excluding hydrogens is 379 g/mol. The number of aromatic nitrogens is 2. The number of carbonyl (C=O) groups is 1. The van der Waals surface area contributed by atoms with Gasteiger partial charge in [0, 0.05) is 26.2 Å². The van der Waals surface area contributed by atoms with Crippen LogP contribution in [-0.4, -0.2) is 53.8 Å². The number of hydrogen-bond acceptors (Lipinski definition) is 6. The summed E-state index contributed by atoms with van der Waals surface area (Å²) in [4.78, 5) is 17.3. The minimum atomic E-state index is -0.332. The Morgan fingerprint density at radius 3 is 2.46 bits per heavy atom. The molecule has 0 aliphatic carbocycles. The van der Waals surface area contributed by atoms with Crippen LogP contribution in [0.2, 0.25) is 0 Å². The first-order chi connectivity index (χ1) is 13.7. The van der Waals surface area contributed by atoms with Crippen LogP contribution in [-0.2, 0) is 4.79 Å². The van der Waals surface area contributed by atoms with E-state index in [4.69, 9.17) is 4.74 Å². The monoisotopic (exact) mass is 398 g/mol. The number of ether oxygens (including phenoxy) is 1. The summed E-state index contributed by atoms with van der Waals surface area (Å²) in [5, 5.41) is 10.7. The highest BCUT2D eigenvalue weighted by molar-refractivity contribution is 7.13. The van der Waals surface area contributed by atoms with E-state index in [1.807, 2.05) is 29.6 Å². The Labute approximate surface area is 166 Å². The van der Waals surface area contributed by atoms with Crippen molar-refractivity contribution in [3.8, 4) is 16.3 Å². The lowest BCUT2D eigenvalue weighted by molar-refractivity contribution is -0.133. The van der Waals surface area contributed by atoms with Crippen LogP contribution in [0, 0.1) is 5.82 Å². The Hall–Kier alpha value is -3.00. The number of nitrogens with zero attached hydrogens (tertiary/aromatic N) is 4. The van der Waals surface area contributed by atoms with Crippen molar-refractivity contribution in [3.63, 3.8) is 0 Å². The fraction of sp³-hybridized carbons (Fsp3) is 0.250. The second-order valence-corrected chi connectivity index (χ2v) is 7.31. The molecule has 1 amide bonds. The first-order valence-electron chi connectivity index (χ1n) is 8.98. The minimum Gasteiger partial charge on any atom is -0.484 e. The third-order valence-electron chi connectivity index (χ3n) is 4.56. The summed E-state index contributed by atoms with van der Waals surface area (Å²) in [5.74, 6) is 0.883. The average Bonchev–Trinajstić information content (AvgIpc) is 3.28. The van der Waals surface area contributed by atoms with Gasteiger partial charge in [-0.15, -0.1) is 21.5 Å². The Balaban J connectivity index is 1.28. The second kappa shape index (κ2) is 8.35. The Kier molecular flexibility index (Phi) is 5.48. The molecule has 3 aromatic rings. The molecule has 0 atom stereocenters. The molecular formula is C20H19FN4O2S. The molecule has 1 aliphatic heterocycles. The van der Waals surface area contributed by atoms with Crippen LogP contribution in [0.15, 0.2) is 53.9 Å². The average molecular weight is 398 g/mol. The van der Waals surface area contributed by atoms with Crippen LogP contribution in [0.1, 0.15) is 0 Å². The highest BCUT2D eigenvalue weighted by Crippen LogP contribution is 2.23. The maximum Gasteiger partial charge on any atom is 0.260 e. The number of carbonyl (C=O) groups excluding carboxylic acids is 1. The highest BCUT2D eigenvalue weighted by atomic mass is 32.1. The van der Waals surface area contributed by atoms with E-state index in [0.29, 0.717) is 31.9 Å². The molecule has 0 saturated carbocycles. The van der Waals surface area contributed by atoms with Gasteiger partial charge in [-0.2, -0.15) is 0 Å². The molecule has 1 saturated heterocycles. The van der Waals surface area contributed by atoms with Gasteiger partial charge in [0.15, 0.2) is 12.4 Å². The van der Waals surface area contributed by atoms with Gasteiger partial charge in [0.05, 0.1) is 4.88 Å². The van der Waals surface area contributed by atoms with Gasteiger partial charge in [0.2, 0.25) is 0 Å². The normalized spacial score (nSPS) is 14.2. The molecule has 0 radical (unpaired) electrons. The van der Waals surface area contributed by atoms with Gasteiger partial charge in [0.1, 0.15) is 17.3 Å². The van der Waals surface area contributed by atoms with Crippen molar-refractivity contribution in [3.05, 3.63) is 59.7 Å². The summed E-state index contributed by atoms with van der Waals surface area (Å²) in [6.07, 6.45) is 0. The standard InChI is InChI=1S/C20H19FN4O2S/c21-15-3-5-16(6-4-15)27-14-20(26)25-11-9-24(10-12-25)19-8-7-17(22-23-19)18-2-1-13-28-18/h1-8,13H,9-12,14H2. The molecule has 4 rings (SSSR count). The van der Waals surface area contributed by atoms with Crippen molar-refractivity contribution < 1.29 is 13.9 Å². The van der Waals surface area contributed by atoms with E-state index in [0.717, 1.165) is 16.4 Å². The van der Waals surface area contributed by atoms with E-state index in [9.17, 15) is 9.18 Å². The molecule has 0 unspecified atom stereocenters. The molecule has 1 fully saturated rings. The summed E-state index contributed by atoms with van der Waals surface area (Å²) in [5.41, 5.74) is 0.866. The number of halogens is 1. The molecule has 3 heterocycles. The number of benzene rings is 1. The first kappa shape index (κ1) is 18.4. The lowest BCUT2D eigenvalue weighted by Crippen LogP contribution is -2.50. The molecule has 1 aliphatic rings. The summed E-state index contributed by atoms with van der Waals surface area (Å²) in [7, 11) is 0. The van der Waals surface area contributed by atoms with Crippen LogP contribution in [0.25, 0.3) is 10.6 Å². The number of hydrogen-bond donors (Lipinski definition) is 0. The van der Waals surface area contributed by atoms with Crippen molar-refractivity contribution in [2.75, 3.05) is 37.7 Å². The molecule has 2 aromatic heterocycles. The van der Waals surface area contributed by atoms with Crippen molar-refractivity contribution in [2.45, 2.75) is 0 Å². The summed E-state index contributed by atoms with van der Waals surface area (Å²) >= 11 is 1.63. The third kappa shape index (κ3) is 4.28. The minimum absolute atomic E-state index is 0.0546. The van der Waals surface area contributed by atoms with E-state index in [1.54, 1.807) is 16.2 Å². The summed E-state index contributed by atoms with van der Waals surface area (Å²) < 4.78 is 18.3. The van der Waals surface area contributed by atoms with Crippen LogP contribution < -0.4 is 9.64 Å². The molecule has 0 spiro atoms. The third-order valence-corrected chi connectivity index (χ3v) is 5.45. The lowest BCUT2D eigenvalue weighted by Gasteiger charge is -2.35. The van der Waals surface area contributed by atoms with E-state index in [-0.39, 0.29) is 18.3 Å². The fourth-order valence-corrected chi connectivity index (χ4v) is 3.69. The van der Waals surface area contributed by atoms with Crippen LogP contribution in [0.4, 0.5) is 10.2 Å². The van der Waals surface area contributed by atoms with Crippen molar-refractivity contribution in [1.29, 1.82) is 0 Å². The Morgan fingerprint density at radius 2 is 1.82 bits per heavy atom. The molecule has 0 bridgehead atoms. The smallest absolute Gasteiger partial charge is 0.260 e. The van der Waals surface area contributed by atoms with Crippen LogP contribution >= 0.6 is 11.3 Å². The number of piperazine rings is 1. The van der Waals surface area contributed by atoms with Crippen molar-refractivity contribution in [1.82, 2.24) is 15.1 Å². The Morgan fingerprint density at radius 1 is 1.04 bits per heavy atom. The van der Waals surface area contributed by atoms with Gasteiger partial charge in [-0.1, -0.05) is 6.07 Å². The summed E-state index contributed by atoms with van der Waals surface area (Å²) in [6.45, 7) is 2.52. The van der Waals surface area contributed by atoms with Gasteiger partial charge in [0.25, 0.3) is 5.91 Å². The molecule has 1 aromatic carbocycles. The maximum absolute atomic E-state index is 12.9. The Bertz CT molecular complexity index is 908. The van der Waals surface area contributed by atoms with E-state index >= 15 is 0 Å². The van der Waals surface area contributed by atoms with Crippen LogP contribution in [0.3, 0.4) is 0 Å². The van der Waals surface area contributed by atoms with E-state index in [2.05, 4.69) is 15.1 Å². The van der Waals surface area contributed by atoms with Gasteiger partial charge in [-0.25, -0.2) is 4.39 Å². The molecule has 6 nitrogen and oxygen atoms in total. The van der Waals surface area contributed by atoms with Crippen molar-refractivity contribution >= 4 is 23.1 Å². The van der Waals surface area contributed by atoms with Crippen molar-refractivity contribution in [2.24, 2.45) is 0 Å². The quantitative estimate of drug-likeness (QED) is 0.661.